The van der Waals surface area contributed by atoms with Crippen LogP contribution < -0.4 is 11.1 Å². The third kappa shape index (κ3) is 4.23. The predicted molar refractivity (Wildman–Crippen MR) is 52.7 cm³/mol. The van der Waals surface area contributed by atoms with Gasteiger partial charge in [0.05, 0.1) is 6.04 Å². The SMILES string of the molecule is CCC[C@H](NC(=O)[C@H](N)CC)C(=O)O. The molecule has 2 atom stereocenters. The molecule has 0 aromatic rings. The minimum absolute atomic E-state index is 0.395. The van der Waals surface area contributed by atoms with Gasteiger partial charge in [-0.15, -0.1) is 0 Å². The van der Waals surface area contributed by atoms with Crippen LogP contribution in [0.25, 0.3) is 0 Å². The number of nitrogens with two attached hydrogens (primary N) is 1. The lowest BCUT2D eigenvalue weighted by atomic mass is 10.1. The van der Waals surface area contributed by atoms with Crippen LogP contribution in [0.3, 0.4) is 0 Å². The van der Waals surface area contributed by atoms with Crippen molar-refractivity contribution in [2.45, 2.75) is 45.2 Å². The third-order valence-electron chi connectivity index (χ3n) is 1.97. The highest BCUT2D eigenvalue weighted by Crippen LogP contribution is 1.98. The van der Waals surface area contributed by atoms with Crippen molar-refractivity contribution in [3.63, 3.8) is 0 Å². The Bertz CT molecular complexity index is 206. The summed E-state index contributed by atoms with van der Waals surface area (Å²) in [5.41, 5.74) is 5.46. The van der Waals surface area contributed by atoms with E-state index in [1.54, 1.807) is 6.92 Å². The molecule has 82 valence electrons. The molecule has 14 heavy (non-hydrogen) atoms. The van der Waals surface area contributed by atoms with Gasteiger partial charge in [-0.2, -0.15) is 0 Å². The van der Waals surface area contributed by atoms with Crippen molar-refractivity contribution in [2.24, 2.45) is 5.73 Å². The topological polar surface area (TPSA) is 92.4 Å². The Kier molecular flexibility index (Phi) is 5.87. The van der Waals surface area contributed by atoms with Gasteiger partial charge in [0.1, 0.15) is 6.04 Å². The maximum Gasteiger partial charge on any atom is 0.326 e. The molecule has 0 fully saturated rings. The fraction of sp³-hybridized carbons (Fsp3) is 0.778. The Balaban J connectivity index is 4.15. The van der Waals surface area contributed by atoms with E-state index in [9.17, 15) is 9.59 Å². The smallest absolute Gasteiger partial charge is 0.326 e. The van der Waals surface area contributed by atoms with Crippen molar-refractivity contribution < 1.29 is 14.7 Å². The number of carbonyl (C=O) groups is 2. The van der Waals surface area contributed by atoms with Gasteiger partial charge >= 0.3 is 5.97 Å². The molecule has 5 nitrogen and oxygen atoms in total. The first kappa shape index (κ1) is 12.9. The summed E-state index contributed by atoms with van der Waals surface area (Å²) >= 11 is 0. The van der Waals surface area contributed by atoms with Crippen LogP contribution in [0.2, 0.25) is 0 Å². The fourth-order valence-electron chi connectivity index (χ4n) is 1.01. The number of carbonyl (C=O) groups excluding carboxylic acids is 1. The molecule has 4 N–H and O–H groups in total. The number of nitrogens with one attached hydrogen (secondary N) is 1. The molecule has 5 heteroatoms. The van der Waals surface area contributed by atoms with Crippen LogP contribution in [-0.2, 0) is 9.59 Å². The summed E-state index contributed by atoms with van der Waals surface area (Å²) in [5, 5.41) is 11.2. The van der Waals surface area contributed by atoms with E-state index in [4.69, 9.17) is 10.8 Å². The van der Waals surface area contributed by atoms with Crippen molar-refractivity contribution in [2.75, 3.05) is 0 Å². The molecule has 0 bridgehead atoms. The number of aliphatic carboxylic acids is 1. The Labute approximate surface area is 83.7 Å². The van der Waals surface area contributed by atoms with E-state index in [1.165, 1.54) is 0 Å². The summed E-state index contributed by atoms with van der Waals surface area (Å²) < 4.78 is 0. The van der Waals surface area contributed by atoms with E-state index in [0.717, 1.165) is 0 Å². The highest BCUT2D eigenvalue weighted by molar-refractivity contribution is 5.86. The average Bonchev–Trinajstić information content (AvgIpc) is 2.15. The monoisotopic (exact) mass is 202 g/mol. The molecule has 0 unspecified atom stereocenters. The second-order valence-corrected chi connectivity index (χ2v) is 3.20. The molecule has 0 heterocycles. The van der Waals surface area contributed by atoms with Crippen molar-refractivity contribution in [1.29, 1.82) is 0 Å². The van der Waals surface area contributed by atoms with Crippen LogP contribution in [-0.4, -0.2) is 29.1 Å². The lowest BCUT2D eigenvalue weighted by Gasteiger charge is -2.16. The van der Waals surface area contributed by atoms with Gasteiger partial charge in [0.2, 0.25) is 5.91 Å². The zero-order valence-electron chi connectivity index (χ0n) is 8.62. The molecule has 1 amide bonds. The minimum atomic E-state index is -1.01. The van der Waals surface area contributed by atoms with Crippen LogP contribution in [0.4, 0.5) is 0 Å². The molecule has 0 saturated heterocycles. The van der Waals surface area contributed by atoms with Gasteiger partial charge in [0, 0.05) is 0 Å². The molecule has 0 saturated carbocycles. The molecule has 0 aliphatic carbocycles. The maximum atomic E-state index is 11.3. The number of hydrogen-bond acceptors (Lipinski definition) is 3. The first-order valence-corrected chi connectivity index (χ1v) is 4.81. The quantitative estimate of drug-likeness (QED) is 0.569. The van der Waals surface area contributed by atoms with Crippen LogP contribution in [0.15, 0.2) is 0 Å². The summed E-state index contributed by atoms with van der Waals surface area (Å²) in [6.45, 7) is 3.64. The fourth-order valence-corrected chi connectivity index (χ4v) is 1.01. The van der Waals surface area contributed by atoms with Crippen LogP contribution in [0, 0.1) is 0 Å². The van der Waals surface area contributed by atoms with Gasteiger partial charge in [0.15, 0.2) is 0 Å². The van der Waals surface area contributed by atoms with E-state index in [1.807, 2.05) is 6.92 Å². The van der Waals surface area contributed by atoms with Gasteiger partial charge in [-0.05, 0) is 12.8 Å². The van der Waals surface area contributed by atoms with E-state index in [2.05, 4.69) is 5.32 Å². The zero-order chi connectivity index (χ0) is 11.1. The lowest BCUT2D eigenvalue weighted by molar-refractivity contribution is -0.142. The number of rotatable bonds is 6. The number of carboxylic acids is 1. The minimum Gasteiger partial charge on any atom is -0.480 e. The number of amides is 1. The lowest BCUT2D eigenvalue weighted by Crippen LogP contribution is -2.48. The zero-order valence-corrected chi connectivity index (χ0v) is 8.62. The van der Waals surface area contributed by atoms with E-state index in [-0.39, 0.29) is 0 Å². The molecule has 0 radical (unpaired) electrons. The standard InChI is InChI=1S/C9H18N2O3/c1-3-5-7(9(13)14)11-8(12)6(10)4-2/h6-7H,3-5,10H2,1-2H3,(H,11,12)(H,13,14)/t6-,7+/m1/s1. The first-order chi connectivity index (χ1) is 6.52. The number of carboxylic acid groups (broad SMARTS) is 1. The molecule has 0 aliphatic rings. The molecule has 0 aliphatic heterocycles. The van der Waals surface area contributed by atoms with Crippen molar-refractivity contribution in [3.05, 3.63) is 0 Å². The molecule has 0 aromatic heterocycles. The van der Waals surface area contributed by atoms with Crippen LogP contribution >= 0.6 is 0 Å². The van der Waals surface area contributed by atoms with Crippen molar-refractivity contribution in [3.8, 4) is 0 Å². The van der Waals surface area contributed by atoms with Crippen molar-refractivity contribution in [1.82, 2.24) is 5.32 Å². The van der Waals surface area contributed by atoms with Crippen LogP contribution in [0.1, 0.15) is 33.1 Å². The normalized spacial score (nSPS) is 14.5. The largest absolute Gasteiger partial charge is 0.480 e. The van der Waals surface area contributed by atoms with E-state index >= 15 is 0 Å². The maximum absolute atomic E-state index is 11.3. The van der Waals surface area contributed by atoms with Crippen molar-refractivity contribution >= 4 is 11.9 Å². The summed E-state index contributed by atoms with van der Waals surface area (Å²) in [4.78, 5) is 21.9. The summed E-state index contributed by atoms with van der Waals surface area (Å²) in [6.07, 6.45) is 1.64. The van der Waals surface area contributed by atoms with Gasteiger partial charge in [-0.3, -0.25) is 4.79 Å². The molecular weight excluding hydrogens is 184 g/mol. The molecule has 0 aromatic carbocycles. The van der Waals surface area contributed by atoms with Gasteiger partial charge < -0.3 is 16.2 Å². The third-order valence-corrected chi connectivity index (χ3v) is 1.97. The molecular formula is C9H18N2O3. The first-order valence-electron chi connectivity index (χ1n) is 4.81. The number of hydrogen-bond donors (Lipinski definition) is 3. The van der Waals surface area contributed by atoms with Gasteiger partial charge in [-0.1, -0.05) is 20.3 Å². The second-order valence-electron chi connectivity index (χ2n) is 3.20. The van der Waals surface area contributed by atoms with Crippen LogP contribution in [0.5, 0.6) is 0 Å². The predicted octanol–water partition coefficient (Wildman–Crippen LogP) is 0.0932. The highest BCUT2D eigenvalue weighted by Gasteiger charge is 2.21. The van der Waals surface area contributed by atoms with Gasteiger partial charge in [0.25, 0.3) is 0 Å². The Morgan fingerprint density at radius 3 is 2.36 bits per heavy atom. The van der Waals surface area contributed by atoms with E-state index in [0.29, 0.717) is 19.3 Å². The Hall–Kier alpha value is -1.10. The molecule has 0 spiro atoms. The van der Waals surface area contributed by atoms with Gasteiger partial charge in [-0.25, -0.2) is 4.79 Å². The second kappa shape index (κ2) is 6.37. The van der Waals surface area contributed by atoms with E-state index < -0.39 is 24.0 Å². The summed E-state index contributed by atoms with van der Waals surface area (Å²) in [5.74, 6) is -1.41. The Morgan fingerprint density at radius 1 is 1.43 bits per heavy atom. The highest BCUT2D eigenvalue weighted by atomic mass is 16.4. The summed E-state index contributed by atoms with van der Waals surface area (Å²) in [6, 6.07) is -1.43. The average molecular weight is 202 g/mol. The Morgan fingerprint density at radius 2 is 2.00 bits per heavy atom. The molecule has 0 rings (SSSR count). The summed E-state index contributed by atoms with van der Waals surface area (Å²) in [7, 11) is 0.